The van der Waals surface area contributed by atoms with Gasteiger partial charge in [0.1, 0.15) is 35.2 Å². The number of nitrogens with two attached hydrogens (primary N) is 1. The molecule has 6 heteroatoms. The molecule has 0 atom stereocenters. The van der Waals surface area contributed by atoms with Crippen LogP contribution in [-0.2, 0) is 6.61 Å². The molecule has 1 fully saturated rings. The summed E-state index contributed by atoms with van der Waals surface area (Å²) in [6, 6.07) is 18.0. The smallest absolute Gasteiger partial charge is 0.150 e. The van der Waals surface area contributed by atoms with E-state index in [9.17, 15) is 5.11 Å². The average Bonchev–Trinajstić information content (AvgIpc) is 3.11. The fourth-order valence-corrected chi connectivity index (χ4v) is 3.85. The van der Waals surface area contributed by atoms with Crippen molar-refractivity contribution < 1.29 is 9.84 Å². The second-order valence-corrected chi connectivity index (χ2v) is 7.47. The molecule has 0 unspecified atom stereocenters. The highest BCUT2D eigenvalue weighted by Gasteiger charge is 2.33. The molecular weight excluding hydrogens is 364 g/mol. The number of aromatic nitrogens is 3. The molecule has 29 heavy (non-hydrogen) atoms. The zero-order chi connectivity index (χ0) is 19.8. The lowest BCUT2D eigenvalue weighted by molar-refractivity contribution is 0.0715. The number of nitrogens with zero attached hydrogens (tertiary/aromatic N) is 3. The first-order valence-corrected chi connectivity index (χ1v) is 9.76. The highest BCUT2D eigenvalue weighted by molar-refractivity contribution is 5.85. The number of benzene rings is 2. The topological polar surface area (TPSA) is 85.7 Å². The summed E-state index contributed by atoms with van der Waals surface area (Å²) in [6.07, 6.45) is 4.77. The summed E-state index contributed by atoms with van der Waals surface area (Å²) in [4.78, 5) is 9.17. The molecule has 0 aliphatic heterocycles. The molecule has 2 aromatic heterocycles. The number of imidazole rings is 1. The maximum absolute atomic E-state index is 9.73. The molecule has 0 saturated heterocycles. The molecule has 0 radical (unpaired) electrons. The van der Waals surface area contributed by atoms with E-state index in [4.69, 9.17) is 15.5 Å². The summed E-state index contributed by atoms with van der Waals surface area (Å²) < 4.78 is 7.99. The number of nitrogen functional groups attached to an aromatic ring is 1. The molecular formula is C23H22N4O2. The van der Waals surface area contributed by atoms with Crippen molar-refractivity contribution in [2.75, 3.05) is 5.73 Å². The Kier molecular flexibility index (Phi) is 4.41. The number of hydrogen-bond acceptors (Lipinski definition) is 5. The Morgan fingerprint density at radius 2 is 1.93 bits per heavy atom. The van der Waals surface area contributed by atoms with Crippen molar-refractivity contribution >= 4 is 11.3 Å². The van der Waals surface area contributed by atoms with Crippen LogP contribution in [0.25, 0.3) is 16.8 Å². The van der Waals surface area contributed by atoms with Gasteiger partial charge >= 0.3 is 0 Å². The van der Waals surface area contributed by atoms with Gasteiger partial charge < -0.3 is 15.6 Å². The molecule has 0 amide bonds. The number of rotatable bonds is 5. The van der Waals surface area contributed by atoms with Crippen LogP contribution in [0.4, 0.5) is 5.82 Å². The summed E-state index contributed by atoms with van der Waals surface area (Å²) in [5, 5.41) is 9.73. The lowest BCUT2D eigenvalue weighted by Crippen LogP contribution is -2.27. The Hall–Kier alpha value is -3.38. The van der Waals surface area contributed by atoms with Crippen LogP contribution < -0.4 is 10.5 Å². The number of hydrogen-bond donors (Lipinski definition) is 2. The summed E-state index contributed by atoms with van der Waals surface area (Å²) in [6.45, 7) is 0.503. The van der Waals surface area contributed by atoms with E-state index in [1.165, 1.54) is 0 Å². The quantitative estimate of drug-likeness (QED) is 0.545. The molecule has 146 valence electrons. The number of fused-ring (bicyclic) bond motifs is 1. The number of aliphatic hydroxyl groups excluding tert-OH is 1. The molecule has 1 saturated carbocycles. The van der Waals surface area contributed by atoms with E-state index in [2.05, 4.69) is 4.98 Å². The standard InChI is InChI=1S/C23H22N4O2/c24-22-21-20(26-23(17-11-18(28)12-17)27(21)10-9-25-22)16-7-4-8-19(13-16)29-14-15-5-2-1-3-6-15/h1-10,13,17-18,28H,11-12,14H2,(H2,24,25)/t17-,18-. The van der Waals surface area contributed by atoms with Crippen LogP contribution in [0.1, 0.15) is 30.1 Å². The van der Waals surface area contributed by atoms with E-state index in [0.29, 0.717) is 12.4 Å². The monoisotopic (exact) mass is 386 g/mol. The Balaban J connectivity index is 1.50. The molecule has 0 spiro atoms. The van der Waals surface area contributed by atoms with Gasteiger partial charge in [0.05, 0.1) is 6.10 Å². The lowest BCUT2D eigenvalue weighted by Gasteiger charge is -2.30. The van der Waals surface area contributed by atoms with Gasteiger partial charge in [0.25, 0.3) is 0 Å². The number of ether oxygens (including phenoxy) is 1. The van der Waals surface area contributed by atoms with Crippen molar-refractivity contribution in [1.29, 1.82) is 0 Å². The average molecular weight is 386 g/mol. The molecule has 1 aliphatic carbocycles. The largest absolute Gasteiger partial charge is 0.489 e. The minimum absolute atomic E-state index is 0.227. The molecule has 6 nitrogen and oxygen atoms in total. The van der Waals surface area contributed by atoms with Crippen molar-refractivity contribution in [3.8, 4) is 17.0 Å². The number of anilines is 1. The van der Waals surface area contributed by atoms with E-state index in [1.54, 1.807) is 6.20 Å². The van der Waals surface area contributed by atoms with E-state index in [1.807, 2.05) is 65.2 Å². The van der Waals surface area contributed by atoms with E-state index < -0.39 is 0 Å². The van der Waals surface area contributed by atoms with Crippen LogP contribution in [0.3, 0.4) is 0 Å². The van der Waals surface area contributed by atoms with Crippen LogP contribution in [0, 0.1) is 0 Å². The van der Waals surface area contributed by atoms with E-state index in [0.717, 1.165) is 46.8 Å². The van der Waals surface area contributed by atoms with Crippen LogP contribution in [0.15, 0.2) is 67.0 Å². The van der Waals surface area contributed by atoms with Crippen LogP contribution in [0.2, 0.25) is 0 Å². The Morgan fingerprint density at radius 1 is 1.10 bits per heavy atom. The number of aliphatic hydroxyl groups is 1. The predicted octanol–water partition coefficient (Wildman–Crippen LogP) is 3.80. The van der Waals surface area contributed by atoms with Crippen molar-refractivity contribution in [3.63, 3.8) is 0 Å². The zero-order valence-electron chi connectivity index (χ0n) is 15.9. The first kappa shape index (κ1) is 17.7. The normalized spacial score (nSPS) is 18.5. The minimum Gasteiger partial charge on any atom is -0.489 e. The lowest BCUT2D eigenvalue weighted by atomic mass is 9.82. The molecule has 4 aromatic rings. The van der Waals surface area contributed by atoms with E-state index >= 15 is 0 Å². The molecule has 3 N–H and O–H groups in total. The zero-order valence-corrected chi connectivity index (χ0v) is 15.9. The van der Waals surface area contributed by atoms with Crippen molar-refractivity contribution in [3.05, 3.63) is 78.4 Å². The highest BCUT2D eigenvalue weighted by Crippen LogP contribution is 2.39. The van der Waals surface area contributed by atoms with Gasteiger partial charge in [-0.25, -0.2) is 9.97 Å². The SMILES string of the molecule is Nc1nccn2c1c(-c1cccc(OCc3ccccc3)c1)nc2[C@H]1C[C@H](O)C1. The summed E-state index contributed by atoms with van der Waals surface area (Å²) in [5.41, 5.74) is 9.84. The van der Waals surface area contributed by atoms with Gasteiger partial charge in [-0.2, -0.15) is 0 Å². The predicted molar refractivity (Wildman–Crippen MR) is 112 cm³/mol. The first-order valence-electron chi connectivity index (χ1n) is 9.76. The van der Waals surface area contributed by atoms with E-state index in [-0.39, 0.29) is 12.0 Å². The van der Waals surface area contributed by atoms with Gasteiger partial charge in [-0.3, -0.25) is 4.40 Å². The van der Waals surface area contributed by atoms with Crippen LogP contribution in [0.5, 0.6) is 5.75 Å². The maximum atomic E-state index is 9.73. The third-order valence-corrected chi connectivity index (χ3v) is 5.44. The molecule has 1 aliphatic rings. The van der Waals surface area contributed by atoms with Crippen molar-refractivity contribution in [1.82, 2.24) is 14.4 Å². The molecule has 2 aromatic carbocycles. The third kappa shape index (κ3) is 3.32. The molecule has 5 rings (SSSR count). The van der Waals surface area contributed by atoms with Gasteiger partial charge in [0, 0.05) is 23.9 Å². The summed E-state index contributed by atoms with van der Waals surface area (Å²) in [5.74, 6) is 2.36. The maximum Gasteiger partial charge on any atom is 0.150 e. The van der Waals surface area contributed by atoms with Gasteiger partial charge in [0.15, 0.2) is 0 Å². The molecule has 2 heterocycles. The fourth-order valence-electron chi connectivity index (χ4n) is 3.85. The Morgan fingerprint density at radius 3 is 2.72 bits per heavy atom. The van der Waals surface area contributed by atoms with Gasteiger partial charge in [0.2, 0.25) is 0 Å². The van der Waals surface area contributed by atoms with Gasteiger partial charge in [-0.15, -0.1) is 0 Å². The summed E-state index contributed by atoms with van der Waals surface area (Å²) in [7, 11) is 0. The fraction of sp³-hybridized carbons (Fsp3) is 0.217. The first-order chi connectivity index (χ1) is 14.2. The third-order valence-electron chi connectivity index (χ3n) is 5.44. The molecule has 0 bridgehead atoms. The second-order valence-electron chi connectivity index (χ2n) is 7.47. The van der Waals surface area contributed by atoms with Crippen LogP contribution in [-0.4, -0.2) is 25.6 Å². The van der Waals surface area contributed by atoms with Gasteiger partial charge in [-0.05, 0) is 30.5 Å². The van der Waals surface area contributed by atoms with Crippen molar-refractivity contribution in [2.45, 2.75) is 31.5 Å². The Bertz CT molecular complexity index is 1150. The summed E-state index contributed by atoms with van der Waals surface area (Å²) >= 11 is 0. The van der Waals surface area contributed by atoms with Gasteiger partial charge in [-0.1, -0.05) is 42.5 Å². The second kappa shape index (κ2) is 7.22. The van der Waals surface area contributed by atoms with Crippen molar-refractivity contribution in [2.24, 2.45) is 0 Å². The Labute approximate surface area is 168 Å². The minimum atomic E-state index is -0.246. The highest BCUT2D eigenvalue weighted by atomic mass is 16.5. The van der Waals surface area contributed by atoms with Crippen LogP contribution >= 0.6 is 0 Å².